The average molecular weight is 417 g/mol. The zero-order valence-corrected chi connectivity index (χ0v) is 15.7. The van der Waals surface area contributed by atoms with Crippen LogP contribution >= 0.6 is 11.8 Å². The predicted molar refractivity (Wildman–Crippen MR) is 98.0 cm³/mol. The van der Waals surface area contributed by atoms with Gasteiger partial charge in [0, 0.05) is 31.6 Å². The Kier molecular flexibility index (Phi) is 5.69. The fourth-order valence-electron chi connectivity index (χ4n) is 2.52. The van der Waals surface area contributed by atoms with E-state index < -0.39 is 18.3 Å². The molecule has 0 bridgehead atoms. The molecule has 28 heavy (non-hydrogen) atoms. The zero-order chi connectivity index (χ0) is 20.5. The minimum atomic E-state index is -4.57. The number of fused-ring (bicyclic) bond motifs is 1. The predicted octanol–water partition coefficient (Wildman–Crippen LogP) is 5.30. The molecule has 150 valence electrons. The van der Waals surface area contributed by atoms with E-state index in [-0.39, 0.29) is 5.82 Å². The molecule has 0 radical (unpaired) electrons. The minimum Gasteiger partial charge on any atom is -0.428 e. The Hall–Kier alpha value is -2.49. The molecule has 4 nitrogen and oxygen atoms in total. The lowest BCUT2D eigenvalue weighted by Crippen LogP contribution is -2.33. The van der Waals surface area contributed by atoms with E-state index in [1.807, 2.05) is 0 Å². The summed E-state index contributed by atoms with van der Waals surface area (Å²) in [7, 11) is 3.61. The van der Waals surface area contributed by atoms with Crippen LogP contribution in [0.1, 0.15) is 5.56 Å². The highest BCUT2D eigenvalue weighted by atomic mass is 32.2. The number of halogens is 5. The SMILES string of the molecule is CN(C)c1cc(F)ccc1CSc1nc2ccc(OC(F)(F)C(F)F)cc2[nH]1. The lowest BCUT2D eigenvalue weighted by molar-refractivity contribution is -0.253. The Morgan fingerprint density at radius 2 is 1.93 bits per heavy atom. The van der Waals surface area contributed by atoms with Crippen molar-refractivity contribution in [2.45, 2.75) is 23.4 Å². The second-order valence-electron chi connectivity index (χ2n) is 6.14. The molecule has 0 fully saturated rings. The Morgan fingerprint density at radius 1 is 1.18 bits per heavy atom. The van der Waals surface area contributed by atoms with E-state index in [0.29, 0.717) is 21.9 Å². The third kappa shape index (κ3) is 4.49. The van der Waals surface area contributed by atoms with Gasteiger partial charge in [0.15, 0.2) is 5.16 Å². The van der Waals surface area contributed by atoms with Crippen LogP contribution in [-0.4, -0.2) is 36.6 Å². The second-order valence-corrected chi connectivity index (χ2v) is 7.11. The Morgan fingerprint density at radius 3 is 2.61 bits per heavy atom. The first-order valence-corrected chi connectivity index (χ1v) is 9.07. The van der Waals surface area contributed by atoms with Gasteiger partial charge in [0.2, 0.25) is 0 Å². The van der Waals surface area contributed by atoms with Crippen molar-refractivity contribution in [2.75, 3.05) is 19.0 Å². The highest BCUT2D eigenvalue weighted by molar-refractivity contribution is 7.98. The number of H-pyrrole nitrogens is 1. The molecule has 0 amide bonds. The van der Waals surface area contributed by atoms with E-state index in [0.717, 1.165) is 17.3 Å². The van der Waals surface area contributed by atoms with E-state index in [2.05, 4.69) is 14.7 Å². The van der Waals surface area contributed by atoms with Gasteiger partial charge in [0.05, 0.1) is 11.0 Å². The molecule has 3 aromatic rings. The summed E-state index contributed by atoms with van der Waals surface area (Å²) in [6, 6.07) is 8.22. The number of aromatic amines is 1. The minimum absolute atomic E-state index is 0.339. The van der Waals surface area contributed by atoms with Crippen molar-refractivity contribution in [1.82, 2.24) is 9.97 Å². The summed E-state index contributed by atoms with van der Waals surface area (Å²) in [6.45, 7) is 0. The molecular weight excluding hydrogens is 401 g/mol. The molecular formula is C18H16F5N3OS. The molecule has 3 rings (SSSR count). The van der Waals surface area contributed by atoms with Crippen molar-refractivity contribution in [3.05, 3.63) is 47.8 Å². The zero-order valence-electron chi connectivity index (χ0n) is 14.8. The van der Waals surface area contributed by atoms with Crippen LogP contribution in [0.3, 0.4) is 0 Å². The van der Waals surface area contributed by atoms with Gasteiger partial charge in [-0.1, -0.05) is 17.8 Å². The Labute approximate surface area is 161 Å². The van der Waals surface area contributed by atoms with Crippen LogP contribution in [0, 0.1) is 5.82 Å². The quantitative estimate of drug-likeness (QED) is 0.419. The number of imidazole rings is 1. The van der Waals surface area contributed by atoms with Crippen LogP contribution in [0.5, 0.6) is 5.75 Å². The molecule has 2 aromatic carbocycles. The molecule has 0 aliphatic rings. The van der Waals surface area contributed by atoms with Crippen molar-refractivity contribution in [3.8, 4) is 5.75 Å². The van der Waals surface area contributed by atoms with Crippen LogP contribution in [0.15, 0.2) is 41.6 Å². The average Bonchev–Trinajstić information content (AvgIpc) is 3.02. The summed E-state index contributed by atoms with van der Waals surface area (Å²) >= 11 is 1.34. The summed E-state index contributed by atoms with van der Waals surface area (Å²) in [4.78, 5) is 9.05. The maximum Gasteiger partial charge on any atom is 0.461 e. The monoisotopic (exact) mass is 417 g/mol. The number of anilines is 1. The number of aromatic nitrogens is 2. The maximum atomic E-state index is 13.5. The smallest absolute Gasteiger partial charge is 0.428 e. The van der Waals surface area contributed by atoms with E-state index >= 15 is 0 Å². The number of benzene rings is 2. The summed E-state index contributed by atoms with van der Waals surface area (Å²) in [6.07, 6.45) is -8.51. The molecule has 0 saturated heterocycles. The Bertz CT molecular complexity index is 977. The number of hydrogen-bond acceptors (Lipinski definition) is 4. The molecule has 1 aromatic heterocycles. The number of thioether (sulfide) groups is 1. The first kappa shape index (κ1) is 20.2. The molecule has 0 spiro atoms. The topological polar surface area (TPSA) is 41.2 Å². The number of rotatable bonds is 7. The lowest BCUT2D eigenvalue weighted by Gasteiger charge is -2.17. The van der Waals surface area contributed by atoms with Crippen LogP contribution in [0.2, 0.25) is 0 Å². The molecule has 0 unspecified atom stereocenters. The number of nitrogens with one attached hydrogen (secondary N) is 1. The van der Waals surface area contributed by atoms with Gasteiger partial charge in [-0.05, 0) is 29.8 Å². The van der Waals surface area contributed by atoms with Gasteiger partial charge in [-0.3, -0.25) is 0 Å². The molecule has 0 aliphatic carbocycles. The van der Waals surface area contributed by atoms with E-state index in [4.69, 9.17) is 0 Å². The van der Waals surface area contributed by atoms with Crippen molar-refractivity contribution in [2.24, 2.45) is 0 Å². The van der Waals surface area contributed by atoms with Crippen molar-refractivity contribution >= 4 is 28.5 Å². The van der Waals surface area contributed by atoms with Crippen LogP contribution < -0.4 is 9.64 Å². The van der Waals surface area contributed by atoms with Gasteiger partial charge >= 0.3 is 12.5 Å². The fraction of sp³-hybridized carbons (Fsp3) is 0.278. The van der Waals surface area contributed by atoms with Crippen molar-refractivity contribution < 1.29 is 26.7 Å². The van der Waals surface area contributed by atoms with Crippen LogP contribution in [0.25, 0.3) is 11.0 Å². The Balaban J connectivity index is 1.77. The van der Waals surface area contributed by atoms with Crippen LogP contribution in [0.4, 0.5) is 27.6 Å². The number of nitrogens with zero attached hydrogens (tertiary/aromatic N) is 2. The maximum absolute atomic E-state index is 13.5. The second kappa shape index (κ2) is 7.86. The number of hydrogen-bond donors (Lipinski definition) is 1. The van der Waals surface area contributed by atoms with E-state index in [1.54, 1.807) is 25.1 Å². The lowest BCUT2D eigenvalue weighted by atomic mass is 10.2. The molecule has 0 aliphatic heterocycles. The normalized spacial score (nSPS) is 12.0. The molecule has 0 atom stereocenters. The van der Waals surface area contributed by atoms with Gasteiger partial charge in [-0.15, -0.1) is 0 Å². The molecule has 10 heteroatoms. The highest BCUT2D eigenvalue weighted by Crippen LogP contribution is 2.31. The van der Waals surface area contributed by atoms with E-state index in [9.17, 15) is 22.0 Å². The number of alkyl halides is 4. The fourth-order valence-corrected chi connectivity index (χ4v) is 3.40. The van der Waals surface area contributed by atoms with Gasteiger partial charge in [-0.25, -0.2) is 9.37 Å². The first-order valence-electron chi connectivity index (χ1n) is 8.09. The van der Waals surface area contributed by atoms with Gasteiger partial charge in [0.1, 0.15) is 11.6 Å². The third-order valence-electron chi connectivity index (χ3n) is 3.83. The molecule has 1 heterocycles. The third-order valence-corrected chi connectivity index (χ3v) is 4.76. The molecule has 1 N–H and O–H groups in total. The first-order chi connectivity index (χ1) is 13.2. The largest absolute Gasteiger partial charge is 0.461 e. The number of ether oxygens (including phenoxy) is 1. The van der Waals surface area contributed by atoms with Gasteiger partial charge in [0.25, 0.3) is 0 Å². The van der Waals surface area contributed by atoms with Crippen molar-refractivity contribution in [1.29, 1.82) is 0 Å². The summed E-state index contributed by atoms with van der Waals surface area (Å²) in [5, 5.41) is 0.502. The summed E-state index contributed by atoms with van der Waals surface area (Å²) in [5.41, 5.74) is 2.46. The summed E-state index contributed by atoms with van der Waals surface area (Å²) < 4.78 is 68.2. The van der Waals surface area contributed by atoms with Crippen LogP contribution in [-0.2, 0) is 5.75 Å². The molecule has 0 saturated carbocycles. The van der Waals surface area contributed by atoms with Gasteiger partial charge in [-0.2, -0.15) is 17.6 Å². The van der Waals surface area contributed by atoms with Gasteiger partial charge < -0.3 is 14.6 Å². The highest BCUT2D eigenvalue weighted by Gasteiger charge is 2.44. The standard InChI is InChI=1S/C18H16F5N3OS/c1-26(2)15-7-11(19)4-3-10(15)9-28-17-24-13-6-5-12(8-14(13)25-17)27-18(22,23)16(20)21/h3-8,16H,9H2,1-2H3,(H,24,25). The van der Waals surface area contributed by atoms with Crippen molar-refractivity contribution in [3.63, 3.8) is 0 Å². The van der Waals surface area contributed by atoms with E-state index in [1.165, 1.54) is 36.0 Å². The summed E-state index contributed by atoms with van der Waals surface area (Å²) in [5.74, 6) is -0.249.